The van der Waals surface area contributed by atoms with Gasteiger partial charge in [-0.2, -0.15) is 0 Å². The molecule has 0 unspecified atom stereocenters. The van der Waals surface area contributed by atoms with Crippen molar-refractivity contribution in [2.75, 3.05) is 13.1 Å². The zero-order valence-electron chi connectivity index (χ0n) is 6.35. The molecule has 0 fully saturated rings. The van der Waals surface area contributed by atoms with Crippen molar-refractivity contribution in [1.82, 2.24) is 5.32 Å². The standard InChI is InChI=1S/C7H17N2/c1-7(2)9-6-4-3-5-8/h3,7,9H,4-6,8H2,1-2H3. The van der Waals surface area contributed by atoms with Crippen LogP contribution in [0.25, 0.3) is 0 Å². The highest BCUT2D eigenvalue weighted by Gasteiger charge is 1.89. The smallest absolute Gasteiger partial charge is 0.00103 e. The minimum Gasteiger partial charge on any atom is -0.330 e. The van der Waals surface area contributed by atoms with Crippen LogP contribution in [0.3, 0.4) is 0 Å². The highest BCUT2D eigenvalue weighted by molar-refractivity contribution is 4.66. The number of hydrogen-bond donors (Lipinski definition) is 2. The molecule has 0 aliphatic heterocycles. The van der Waals surface area contributed by atoms with Crippen LogP contribution >= 0.6 is 0 Å². The highest BCUT2D eigenvalue weighted by Crippen LogP contribution is 1.82. The van der Waals surface area contributed by atoms with Crippen molar-refractivity contribution in [2.45, 2.75) is 26.3 Å². The largest absolute Gasteiger partial charge is 0.330 e. The van der Waals surface area contributed by atoms with E-state index in [4.69, 9.17) is 5.73 Å². The third-order valence-electron chi connectivity index (χ3n) is 1.07. The molecule has 0 rings (SSSR count). The Morgan fingerprint density at radius 1 is 1.56 bits per heavy atom. The lowest BCUT2D eigenvalue weighted by molar-refractivity contribution is 0.586. The van der Waals surface area contributed by atoms with E-state index in [9.17, 15) is 0 Å². The fourth-order valence-electron chi connectivity index (χ4n) is 0.592. The van der Waals surface area contributed by atoms with E-state index < -0.39 is 0 Å². The molecule has 0 amide bonds. The van der Waals surface area contributed by atoms with Crippen LogP contribution in [0.5, 0.6) is 0 Å². The van der Waals surface area contributed by atoms with Gasteiger partial charge in [0.1, 0.15) is 0 Å². The molecule has 0 saturated carbocycles. The Balaban J connectivity index is 2.75. The second-order valence-corrected chi connectivity index (χ2v) is 2.42. The molecule has 0 aromatic carbocycles. The van der Waals surface area contributed by atoms with Crippen LogP contribution in [0.4, 0.5) is 0 Å². The van der Waals surface area contributed by atoms with Crippen LogP contribution in [-0.2, 0) is 0 Å². The monoisotopic (exact) mass is 129 g/mol. The highest BCUT2D eigenvalue weighted by atomic mass is 14.9. The molecule has 1 radical (unpaired) electrons. The van der Waals surface area contributed by atoms with Gasteiger partial charge >= 0.3 is 0 Å². The van der Waals surface area contributed by atoms with E-state index in [1.165, 1.54) is 0 Å². The van der Waals surface area contributed by atoms with E-state index in [-0.39, 0.29) is 0 Å². The van der Waals surface area contributed by atoms with E-state index in [1.54, 1.807) is 0 Å². The summed E-state index contributed by atoms with van der Waals surface area (Å²) < 4.78 is 0. The average Bonchev–Trinajstić information content (AvgIpc) is 1.80. The molecular formula is C7H17N2. The van der Waals surface area contributed by atoms with Gasteiger partial charge in [-0.15, -0.1) is 0 Å². The van der Waals surface area contributed by atoms with Crippen molar-refractivity contribution >= 4 is 0 Å². The van der Waals surface area contributed by atoms with Crippen molar-refractivity contribution < 1.29 is 0 Å². The predicted octanol–water partition coefficient (Wildman–Crippen LogP) is 0.537. The van der Waals surface area contributed by atoms with Gasteiger partial charge in [0.15, 0.2) is 0 Å². The Morgan fingerprint density at radius 2 is 2.22 bits per heavy atom. The van der Waals surface area contributed by atoms with Gasteiger partial charge in [0.25, 0.3) is 0 Å². The normalized spacial score (nSPS) is 10.7. The SMILES string of the molecule is CC(C)NCC[CH]CN. The van der Waals surface area contributed by atoms with Gasteiger partial charge in [-0.05, 0) is 25.9 Å². The van der Waals surface area contributed by atoms with Crippen molar-refractivity contribution in [3.8, 4) is 0 Å². The summed E-state index contributed by atoms with van der Waals surface area (Å²) in [6, 6.07) is 0.594. The number of hydrogen-bond acceptors (Lipinski definition) is 2. The topological polar surface area (TPSA) is 38.0 Å². The van der Waals surface area contributed by atoms with Gasteiger partial charge < -0.3 is 11.1 Å². The molecule has 0 aliphatic rings. The van der Waals surface area contributed by atoms with E-state index in [1.807, 2.05) is 0 Å². The Morgan fingerprint density at radius 3 is 2.67 bits per heavy atom. The molecule has 0 bridgehead atoms. The molecule has 0 atom stereocenters. The van der Waals surface area contributed by atoms with E-state index in [2.05, 4.69) is 25.6 Å². The lowest BCUT2D eigenvalue weighted by Crippen LogP contribution is -2.24. The minimum atomic E-state index is 0.594. The first kappa shape index (κ1) is 8.92. The van der Waals surface area contributed by atoms with Crippen LogP contribution in [0, 0.1) is 6.42 Å². The first-order valence-electron chi connectivity index (χ1n) is 3.52. The Labute approximate surface area is 57.8 Å². The zero-order chi connectivity index (χ0) is 7.11. The molecule has 2 heteroatoms. The molecule has 55 valence electrons. The van der Waals surface area contributed by atoms with Gasteiger partial charge in [-0.1, -0.05) is 13.8 Å². The molecule has 3 N–H and O–H groups in total. The Kier molecular flexibility index (Phi) is 5.99. The van der Waals surface area contributed by atoms with E-state index in [0.29, 0.717) is 12.6 Å². The first-order chi connectivity index (χ1) is 4.27. The maximum Gasteiger partial charge on any atom is 0.00103 e. The number of nitrogens with one attached hydrogen (secondary N) is 1. The predicted molar refractivity (Wildman–Crippen MR) is 41.1 cm³/mol. The van der Waals surface area contributed by atoms with Crippen molar-refractivity contribution in [3.63, 3.8) is 0 Å². The lowest BCUT2D eigenvalue weighted by atomic mass is 10.3. The molecule has 0 aromatic heterocycles. The van der Waals surface area contributed by atoms with Crippen LogP contribution in [-0.4, -0.2) is 19.1 Å². The Hall–Kier alpha value is -0.0800. The summed E-state index contributed by atoms with van der Waals surface area (Å²) in [6.07, 6.45) is 3.16. The van der Waals surface area contributed by atoms with Crippen LogP contribution < -0.4 is 11.1 Å². The summed E-state index contributed by atoms with van der Waals surface area (Å²) in [6.45, 7) is 6.03. The summed E-state index contributed by atoms with van der Waals surface area (Å²) >= 11 is 0. The molecule has 9 heavy (non-hydrogen) atoms. The summed E-state index contributed by atoms with van der Waals surface area (Å²) in [7, 11) is 0. The number of unbranched alkanes of at least 4 members (excludes halogenated alkanes) is 1. The van der Waals surface area contributed by atoms with E-state index >= 15 is 0 Å². The first-order valence-corrected chi connectivity index (χ1v) is 3.52. The average molecular weight is 129 g/mol. The van der Waals surface area contributed by atoms with Gasteiger partial charge in [0.2, 0.25) is 0 Å². The molecule has 0 saturated heterocycles. The molecule has 2 nitrogen and oxygen atoms in total. The fourth-order valence-corrected chi connectivity index (χ4v) is 0.592. The van der Waals surface area contributed by atoms with Crippen LogP contribution in [0.1, 0.15) is 20.3 Å². The minimum absolute atomic E-state index is 0.594. The van der Waals surface area contributed by atoms with Crippen molar-refractivity contribution in [3.05, 3.63) is 6.42 Å². The fraction of sp³-hybridized carbons (Fsp3) is 0.857. The summed E-state index contributed by atoms with van der Waals surface area (Å²) in [5.74, 6) is 0. The van der Waals surface area contributed by atoms with Crippen LogP contribution in [0.15, 0.2) is 0 Å². The molecule has 0 spiro atoms. The van der Waals surface area contributed by atoms with Gasteiger partial charge in [-0.3, -0.25) is 0 Å². The Bertz CT molecular complexity index is 52.9. The molecule has 0 heterocycles. The number of rotatable bonds is 5. The van der Waals surface area contributed by atoms with Crippen molar-refractivity contribution in [1.29, 1.82) is 0 Å². The summed E-state index contributed by atoms with van der Waals surface area (Å²) in [4.78, 5) is 0. The molecular weight excluding hydrogens is 112 g/mol. The van der Waals surface area contributed by atoms with Gasteiger partial charge in [-0.25, -0.2) is 0 Å². The van der Waals surface area contributed by atoms with Crippen molar-refractivity contribution in [2.24, 2.45) is 5.73 Å². The van der Waals surface area contributed by atoms with E-state index in [0.717, 1.165) is 13.0 Å². The molecule has 0 aliphatic carbocycles. The summed E-state index contributed by atoms with van der Waals surface area (Å²) in [5.41, 5.74) is 5.26. The maximum atomic E-state index is 5.26. The zero-order valence-corrected chi connectivity index (χ0v) is 6.35. The third-order valence-corrected chi connectivity index (χ3v) is 1.07. The maximum absolute atomic E-state index is 5.26. The van der Waals surface area contributed by atoms with Gasteiger partial charge in [0, 0.05) is 6.04 Å². The lowest BCUT2D eigenvalue weighted by Gasteiger charge is -2.05. The quantitative estimate of drug-likeness (QED) is 0.532. The summed E-state index contributed by atoms with van der Waals surface area (Å²) in [5, 5.41) is 3.29. The second kappa shape index (κ2) is 6.05. The van der Waals surface area contributed by atoms with Crippen LogP contribution in [0.2, 0.25) is 0 Å². The third kappa shape index (κ3) is 7.92. The molecule has 0 aromatic rings. The second-order valence-electron chi connectivity index (χ2n) is 2.42. The van der Waals surface area contributed by atoms with Gasteiger partial charge in [0.05, 0.1) is 0 Å². The number of nitrogens with two attached hydrogens (primary N) is 1.